The van der Waals surface area contributed by atoms with Gasteiger partial charge in [-0.25, -0.2) is 9.78 Å². The van der Waals surface area contributed by atoms with E-state index in [0.29, 0.717) is 12.3 Å². The Morgan fingerprint density at radius 3 is 2.73 bits per heavy atom. The number of pyridine rings is 1. The highest BCUT2D eigenvalue weighted by molar-refractivity contribution is 5.94. The van der Waals surface area contributed by atoms with E-state index in [9.17, 15) is 4.79 Å². The minimum atomic E-state index is -0.316. The average Bonchev–Trinajstić information content (AvgIpc) is 2.95. The number of ether oxygens (including phenoxy) is 1. The highest BCUT2D eigenvalue weighted by Crippen LogP contribution is 2.27. The molecule has 2 heterocycles. The van der Waals surface area contributed by atoms with Crippen LogP contribution < -0.4 is 0 Å². The van der Waals surface area contributed by atoms with Gasteiger partial charge in [-0.3, -0.25) is 0 Å². The van der Waals surface area contributed by atoms with Crippen molar-refractivity contribution in [3.63, 3.8) is 0 Å². The van der Waals surface area contributed by atoms with Gasteiger partial charge in [0.1, 0.15) is 11.3 Å². The van der Waals surface area contributed by atoms with Crippen molar-refractivity contribution in [2.24, 2.45) is 0 Å². The van der Waals surface area contributed by atoms with Gasteiger partial charge in [-0.05, 0) is 37.6 Å². The van der Waals surface area contributed by atoms with Crippen molar-refractivity contribution in [3.8, 4) is 0 Å². The summed E-state index contributed by atoms with van der Waals surface area (Å²) in [4.78, 5) is 16.7. The molecular formula is C18H18N2O2. The minimum absolute atomic E-state index is 0.00648. The molecule has 0 aliphatic rings. The number of nitrogens with zero attached hydrogens (tertiary/aromatic N) is 2. The van der Waals surface area contributed by atoms with E-state index in [-0.39, 0.29) is 12.0 Å². The molecule has 1 aromatic carbocycles. The molecule has 3 rings (SSSR count). The molecular weight excluding hydrogens is 276 g/mol. The van der Waals surface area contributed by atoms with Crippen LogP contribution in [-0.2, 0) is 4.74 Å². The first kappa shape index (κ1) is 14.3. The van der Waals surface area contributed by atoms with E-state index >= 15 is 0 Å². The predicted octanol–water partition coefficient (Wildman–Crippen LogP) is 3.82. The summed E-state index contributed by atoms with van der Waals surface area (Å²) in [6.45, 7) is 4.23. The van der Waals surface area contributed by atoms with Crippen molar-refractivity contribution < 1.29 is 9.53 Å². The van der Waals surface area contributed by atoms with Crippen LogP contribution in [0, 0.1) is 0 Å². The normalized spacial score (nSPS) is 12.3. The number of rotatable bonds is 4. The molecule has 0 aliphatic heterocycles. The van der Waals surface area contributed by atoms with Crippen LogP contribution in [0.3, 0.4) is 0 Å². The van der Waals surface area contributed by atoms with Gasteiger partial charge in [0.25, 0.3) is 0 Å². The summed E-state index contributed by atoms with van der Waals surface area (Å²) in [5.74, 6) is -0.316. The molecule has 1 atom stereocenters. The molecule has 112 valence electrons. The van der Waals surface area contributed by atoms with Gasteiger partial charge in [-0.1, -0.05) is 30.3 Å². The molecule has 0 spiro atoms. The van der Waals surface area contributed by atoms with Crippen molar-refractivity contribution in [2.75, 3.05) is 6.61 Å². The molecule has 0 N–H and O–H groups in total. The van der Waals surface area contributed by atoms with Crippen LogP contribution in [0.2, 0.25) is 0 Å². The van der Waals surface area contributed by atoms with Crippen LogP contribution >= 0.6 is 0 Å². The number of aromatic nitrogens is 2. The topological polar surface area (TPSA) is 44.1 Å². The van der Waals surface area contributed by atoms with Gasteiger partial charge in [-0.2, -0.15) is 0 Å². The molecule has 0 fully saturated rings. The van der Waals surface area contributed by atoms with Crippen LogP contribution in [0.5, 0.6) is 0 Å². The van der Waals surface area contributed by atoms with E-state index in [1.807, 2.05) is 60.0 Å². The summed E-state index contributed by atoms with van der Waals surface area (Å²) >= 11 is 0. The molecule has 0 saturated heterocycles. The number of hydrogen-bond acceptors (Lipinski definition) is 3. The number of carbonyl (C=O) groups excluding carboxylic acids is 1. The molecule has 0 radical (unpaired) electrons. The largest absolute Gasteiger partial charge is 0.461 e. The third kappa shape index (κ3) is 2.48. The van der Waals surface area contributed by atoms with E-state index in [4.69, 9.17) is 4.74 Å². The predicted molar refractivity (Wildman–Crippen MR) is 85.9 cm³/mol. The Bertz CT molecular complexity index is 793. The lowest BCUT2D eigenvalue weighted by atomic mass is 10.1. The van der Waals surface area contributed by atoms with Crippen molar-refractivity contribution in [1.29, 1.82) is 0 Å². The fourth-order valence-electron chi connectivity index (χ4n) is 2.69. The number of hydrogen-bond donors (Lipinski definition) is 0. The van der Waals surface area contributed by atoms with Gasteiger partial charge < -0.3 is 9.30 Å². The molecule has 0 aliphatic carbocycles. The summed E-state index contributed by atoms with van der Waals surface area (Å²) in [5.41, 5.74) is 2.45. The van der Waals surface area contributed by atoms with Crippen LogP contribution in [-0.4, -0.2) is 22.1 Å². The van der Waals surface area contributed by atoms with Gasteiger partial charge >= 0.3 is 5.97 Å². The Morgan fingerprint density at radius 2 is 2.00 bits per heavy atom. The summed E-state index contributed by atoms with van der Waals surface area (Å²) in [7, 11) is 0. The second-order valence-corrected chi connectivity index (χ2v) is 5.12. The van der Waals surface area contributed by atoms with Crippen molar-refractivity contribution in [2.45, 2.75) is 19.9 Å². The Balaban J connectivity index is 2.17. The minimum Gasteiger partial charge on any atom is -0.461 e. The Kier molecular flexibility index (Phi) is 3.92. The molecule has 3 aromatic rings. The zero-order valence-corrected chi connectivity index (χ0v) is 12.7. The number of fused-ring (bicyclic) bond motifs is 1. The smallest absolute Gasteiger partial charge is 0.355 e. The zero-order chi connectivity index (χ0) is 15.5. The van der Waals surface area contributed by atoms with Gasteiger partial charge in [0.05, 0.1) is 12.6 Å². The Morgan fingerprint density at radius 1 is 1.23 bits per heavy atom. The number of carbonyl (C=O) groups is 1. The summed E-state index contributed by atoms with van der Waals surface area (Å²) in [5, 5.41) is 0.938. The first-order chi connectivity index (χ1) is 10.7. The average molecular weight is 294 g/mol. The van der Waals surface area contributed by atoms with E-state index in [2.05, 4.69) is 11.9 Å². The van der Waals surface area contributed by atoms with Crippen LogP contribution in [0.15, 0.2) is 54.7 Å². The van der Waals surface area contributed by atoms with Gasteiger partial charge in [0, 0.05) is 11.6 Å². The second-order valence-electron chi connectivity index (χ2n) is 5.12. The van der Waals surface area contributed by atoms with Gasteiger partial charge in [-0.15, -0.1) is 0 Å². The van der Waals surface area contributed by atoms with E-state index in [1.165, 1.54) is 0 Å². The van der Waals surface area contributed by atoms with Gasteiger partial charge in [0.2, 0.25) is 0 Å². The lowest BCUT2D eigenvalue weighted by molar-refractivity contribution is 0.0513. The summed E-state index contributed by atoms with van der Waals surface area (Å²) in [6, 6.07) is 15.7. The van der Waals surface area contributed by atoms with E-state index in [1.54, 1.807) is 6.20 Å². The van der Waals surface area contributed by atoms with Crippen LogP contribution in [0.4, 0.5) is 0 Å². The van der Waals surface area contributed by atoms with Gasteiger partial charge in [0.15, 0.2) is 0 Å². The molecule has 0 saturated carbocycles. The fourth-order valence-corrected chi connectivity index (χ4v) is 2.69. The Labute approximate surface area is 129 Å². The highest BCUT2D eigenvalue weighted by atomic mass is 16.5. The maximum absolute atomic E-state index is 12.3. The lowest BCUT2D eigenvalue weighted by Crippen LogP contribution is -2.16. The fraction of sp³-hybridized carbons (Fsp3) is 0.222. The zero-order valence-electron chi connectivity index (χ0n) is 12.7. The molecule has 4 heteroatoms. The molecule has 22 heavy (non-hydrogen) atoms. The summed E-state index contributed by atoms with van der Waals surface area (Å²) < 4.78 is 7.14. The molecule has 4 nitrogen and oxygen atoms in total. The second kappa shape index (κ2) is 6.02. The van der Waals surface area contributed by atoms with Crippen LogP contribution in [0.1, 0.15) is 35.9 Å². The summed E-state index contributed by atoms with van der Waals surface area (Å²) in [6.07, 6.45) is 1.74. The quantitative estimate of drug-likeness (QED) is 0.687. The first-order valence-corrected chi connectivity index (χ1v) is 7.40. The molecule has 0 amide bonds. The number of esters is 1. The maximum Gasteiger partial charge on any atom is 0.355 e. The third-order valence-corrected chi connectivity index (χ3v) is 3.75. The Hall–Kier alpha value is -2.62. The maximum atomic E-state index is 12.3. The monoisotopic (exact) mass is 294 g/mol. The van der Waals surface area contributed by atoms with Crippen LogP contribution in [0.25, 0.3) is 11.0 Å². The highest BCUT2D eigenvalue weighted by Gasteiger charge is 2.21. The van der Waals surface area contributed by atoms with Crippen molar-refractivity contribution in [3.05, 3.63) is 66.0 Å². The van der Waals surface area contributed by atoms with Crippen molar-refractivity contribution in [1.82, 2.24) is 9.55 Å². The molecule has 2 aromatic heterocycles. The van der Waals surface area contributed by atoms with Crippen molar-refractivity contribution >= 4 is 17.0 Å². The van der Waals surface area contributed by atoms with E-state index < -0.39 is 0 Å². The van der Waals surface area contributed by atoms with E-state index in [0.717, 1.165) is 16.6 Å². The third-order valence-electron chi connectivity index (χ3n) is 3.75. The lowest BCUT2D eigenvalue weighted by Gasteiger charge is -2.18. The molecule has 1 unspecified atom stereocenters. The standard InChI is InChI=1S/C18H18N2O2/c1-3-22-18(21)16-12-15-10-7-11-19-17(15)20(16)13(2)14-8-5-4-6-9-14/h4-13H,3H2,1-2H3. The SMILES string of the molecule is CCOC(=O)c1cc2cccnc2n1C(C)c1ccccc1. The molecule has 0 bridgehead atoms. The first-order valence-electron chi connectivity index (χ1n) is 7.40. The number of benzene rings is 1.